The Balaban J connectivity index is 2.00. The Labute approximate surface area is 117 Å². The fourth-order valence-electron chi connectivity index (χ4n) is 2.22. The lowest BCUT2D eigenvalue weighted by molar-refractivity contribution is -0.130. The van der Waals surface area contributed by atoms with E-state index in [1.54, 1.807) is 4.90 Å². The van der Waals surface area contributed by atoms with Gasteiger partial charge in [0, 0.05) is 25.7 Å². The molecule has 2 amide bonds. The zero-order valence-electron chi connectivity index (χ0n) is 11.4. The van der Waals surface area contributed by atoms with Crippen molar-refractivity contribution in [1.29, 1.82) is 0 Å². The van der Waals surface area contributed by atoms with Gasteiger partial charge in [0.25, 0.3) is 5.91 Å². The van der Waals surface area contributed by atoms with Crippen LogP contribution in [0.15, 0.2) is 18.2 Å². The molecule has 0 saturated carbocycles. The Morgan fingerprint density at radius 1 is 1.35 bits per heavy atom. The fourth-order valence-corrected chi connectivity index (χ4v) is 2.22. The summed E-state index contributed by atoms with van der Waals surface area (Å²) in [6.45, 7) is 1.50. The van der Waals surface area contributed by atoms with Crippen molar-refractivity contribution in [3.8, 4) is 0 Å². The molecule has 1 aliphatic rings. The van der Waals surface area contributed by atoms with E-state index in [4.69, 9.17) is 5.73 Å². The summed E-state index contributed by atoms with van der Waals surface area (Å²) in [5.41, 5.74) is 5.55. The lowest BCUT2D eigenvalue weighted by Crippen LogP contribution is -2.39. The largest absolute Gasteiger partial charge is 0.396 e. The van der Waals surface area contributed by atoms with Crippen molar-refractivity contribution in [3.05, 3.63) is 29.6 Å². The van der Waals surface area contributed by atoms with Gasteiger partial charge in [0.2, 0.25) is 5.91 Å². The smallest absolute Gasteiger partial charge is 0.254 e. The Morgan fingerprint density at radius 2 is 2.00 bits per heavy atom. The number of hydrogen-bond acceptors (Lipinski definition) is 3. The molecule has 1 heterocycles. The molecule has 0 spiro atoms. The molecule has 0 aliphatic carbocycles. The van der Waals surface area contributed by atoms with Gasteiger partial charge >= 0.3 is 0 Å². The number of anilines is 1. The van der Waals surface area contributed by atoms with E-state index in [2.05, 4.69) is 0 Å². The fraction of sp³-hybridized carbons (Fsp3) is 0.429. The van der Waals surface area contributed by atoms with Gasteiger partial charge in [-0.05, 0) is 31.0 Å². The molecule has 1 fully saturated rings. The number of hydrogen-bond donors (Lipinski definition) is 1. The molecule has 108 valence electrons. The highest BCUT2D eigenvalue weighted by molar-refractivity contribution is 5.96. The summed E-state index contributed by atoms with van der Waals surface area (Å²) < 4.78 is 13.3. The summed E-state index contributed by atoms with van der Waals surface area (Å²) in [5.74, 6) is -1.10. The van der Waals surface area contributed by atoms with E-state index >= 15 is 0 Å². The standard InChI is InChI=1S/C14H18FN3O2/c1-17(9-13(19)18-6-2-3-7-18)14(20)10-4-5-12(16)11(15)8-10/h4-5,8H,2-3,6-7,9,16H2,1H3. The molecule has 6 heteroatoms. The predicted molar refractivity (Wildman–Crippen MR) is 73.6 cm³/mol. The molecular formula is C14H18FN3O2. The molecule has 1 aliphatic heterocycles. The molecule has 1 aromatic carbocycles. The highest BCUT2D eigenvalue weighted by Gasteiger charge is 2.22. The van der Waals surface area contributed by atoms with Crippen molar-refractivity contribution in [1.82, 2.24) is 9.80 Å². The molecule has 0 radical (unpaired) electrons. The third-order valence-corrected chi connectivity index (χ3v) is 3.43. The van der Waals surface area contributed by atoms with Gasteiger partial charge in [-0.25, -0.2) is 4.39 Å². The summed E-state index contributed by atoms with van der Waals surface area (Å²) in [4.78, 5) is 27.1. The third kappa shape index (κ3) is 3.07. The van der Waals surface area contributed by atoms with Gasteiger partial charge in [0.1, 0.15) is 5.82 Å². The van der Waals surface area contributed by atoms with Crippen LogP contribution >= 0.6 is 0 Å². The number of amides is 2. The number of nitrogens with two attached hydrogens (primary N) is 1. The molecule has 0 atom stereocenters. The molecule has 1 aromatic rings. The zero-order chi connectivity index (χ0) is 14.7. The Hall–Kier alpha value is -2.11. The summed E-state index contributed by atoms with van der Waals surface area (Å²) in [6, 6.07) is 3.89. The number of carbonyl (C=O) groups excluding carboxylic acids is 2. The minimum absolute atomic E-state index is 0.00246. The van der Waals surface area contributed by atoms with E-state index in [1.165, 1.54) is 24.1 Å². The van der Waals surface area contributed by atoms with Gasteiger partial charge in [0.15, 0.2) is 0 Å². The average Bonchev–Trinajstić information content (AvgIpc) is 2.95. The lowest BCUT2D eigenvalue weighted by Gasteiger charge is -2.21. The van der Waals surface area contributed by atoms with E-state index in [-0.39, 0.29) is 23.7 Å². The number of nitrogens with zero attached hydrogens (tertiary/aromatic N) is 2. The van der Waals surface area contributed by atoms with Gasteiger partial charge in [-0.15, -0.1) is 0 Å². The minimum Gasteiger partial charge on any atom is -0.396 e. The highest BCUT2D eigenvalue weighted by atomic mass is 19.1. The van der Waals surface area contributed by atoms with Gasteiger partial charge < -0.3 is 15.5 Å². The maximum Gasteiger partial charge on any atom is 0.254 e. The van der Waals surface area contributed by atoms with Gasteiger partial charge in [-0.1, -0.05) is 0 Å². The Kier molecular flexibility index (Phi) is 4.22. The molecule has 20 heavy (non-hydrogen) atoms. The van der Waals surface area contributed by atoms with Crippen LogP contribution in [0.5, 0.6) is 0 Å². The average molecular weight is 279 g/mol. The summed E-state index contributed by atoms with van der Waals surface area (Å²) in [5, 5.41) is 0. The maximum absolute atomic E-state index is 13.3. The Bertz CT molecular complexity index is 527. The molecule has 0 aromatic heterocycles. The number of nitrogen functional groups attached to an aromatic ring is 1. The summed E-state index contributed by atoms with van der Waals surface area (Å²) in [6.07, 6.45) is 2.01. The first-order chi connectivity index (χ1) is 9.49. The number of likely N-dealkylation sites (N-methyl/N-ethyl adjacent to an activating group) is 1. The zero-order valence-corrected chi connectivity index (χ0v) is 11.4. The van der Waals surface area contributed by atoms with Crippen LogP contribution in [0.4, 0.5) is 10.1 Å². The molecular weight excluding hydrogens is 261 g/mol. The van der Waals surface area contributed by atoms with E-state index in [1.807, 2.05) is 0 Å². The maximum atomic E-state index is 13.3. The normalized spacial score (nSPS) is 14.4. The van der Waals surface area contributed by atoms with Crippen LogP contribution in [0, 0.1) is 5.82 Å². The van der Waals surface area contributed by atoms with E-state index in [0.29, 0.717) is 0 Å². The van der Waals surface area contributed by atoms with E-state index < -0.39 is 11.7 Å². The van der Waals surface area contributed by atoms with Crippen molar-refractivity contribution in [2.24, 2.45) is 0 Å². The van der Waals surface area contributed by atoms with Crippen molar-refractivity contribution < 1.29 is 14.0 Å². The third-order valence-electron chi connectivity index (χ3n) is 3.43. The quantitative estimate of drug-likeness (QED) is 0.843. The second kappa shape index (κ2) is 5.90. The predicted octanol–water partition coefficient (Wildman–Crippen LogP) is 1.10. The summed E-state index contributed by atoms with van der Waals surface area (Å²) >= 11 is 0. The minimum atomic E-state index is -0.630. The number of benzene rings is 1. The van der Waals surface area contributed by atoms with Crippen LogP contribution in [-0.4, -0.2) is 48.3 Å². The van der Waals surface area contributed by atoms with Gasteiger partial charge in [-0.2, -0.15) is 0 Å². The van der Waals surface area contributed by atoms with Crippen molar-refractivity contribution in [2.75, 3.05) is 32.4 Å². The van der Waals surface area contributed by atoms with Gasteiger partial charge in [-0.3, -0.25) is 9.59 Å². The van der Waals surface area contributed by atoms with Crippen molar-refractivity contribution >= 4 is 17.5 Å². The van der Waals surface area contributed by atoms with Crippen LogP contribution in [-0.2, 0) is 4.79 Å². The first-order valence-corrected chi connectivity index (χ1v) is 6.57. The number of carbonyl (C=O) groups is 2. The molecule has 0 unspecified atom stereocenters. The van der Waals surface area contributed by atoms with Crippen molar-refractivity contribution in [3.63, 3.8) is 0 Å². The molecule has 2 rings (SSSR count). The van der Waals surface area contributed by atoms with Crippen LogP contribution in [0.1, 0.15) is 23.2 Å². The second-order valence-electron chi connectivity index (χ2n) is 4.99. The SMILES string of the molecule is CN(CC(=O)N1CCCC1)C(=O)c1ccc(N)c(F)c1. The van der Waals surface area contributed by atoms with Crippen molar-refractivity contribution in [2.45, 2.75) is 12.8 Å². The van der Waals surface area contributed by atoms with E-state index in [0.717, 1.165) is 32.0 Å². The number of likely N-dealkylation sites (tertiary alicyclic amines) is 1. The van der Waals surface area contributed by atoms with Crippen LogP contribution < -0.4 is 5.73 Å². The van der Waals surface area contributed by atoms with Crippen LogP contribution in [0.25, 0.3) is 0 Å². The Morgan fingerprint density at radius 3 is 2.60 bits per heavy atom. The first kappa shape index (κ1) is 14.3. The van der Waals surface area contributed by atoms with Crippen LogP contribution in [0.2, 0.25) is 0 Å². The van der Waals surface area contributed by atoms with Gasteiger partial charge in [0.05, 0.1) is 12.2 Å². The molecule has 2 N–H and O–H groups in total. The second-order valence-corrected chi connectivity index (χ2v) is 4.99. The first-order valence-electron chi connectivity index (χ1n) is 6.57. The highest BCUT2D eigenvalue weighted by Crippen LogP contribution is 2.14. The summed E-state index contributed by atoms with van der Waals surface area (Å²) in [7, 11) is 1.53. The van der Waals surface area contributed by atoms with E-state index in [9.17, 15) is 14.0 Å². The number of halogens is 1. The number of rotatable bonds is 3. The van der Waals surface area contributed by atoms with Crippen LogP contribution in [0.3, 0.4) is 0 Å². The molecule has 0 bridgehead atoms. The molecule has 5 nitrogen and oxygen atoms in total. The molecule has 1 saturated heterocycles. The monoisotopic (exact) mass is 279 g/mol. The lowest BCUT2D eigenvalue weighted by atomic mass is 10.1. The topological polar surface area (TPSA) is 66.6 Å².